The highest BCUT2D eigenvalue weighted by Gasteiger charge is 2.44. The molecule has 2 heterocycles. The van der Waals surface area contributed by atoms with Gasteiger partial charge in [-0.3, -0.25) is 14.7 Å². The van der Waals surface area contributed by atoms with Gasteiger partial charge in [-0.2, -0.15) is 0 Å². The molecular formula is C27H27N3O3S. The Balaban J connectivity index is 1.35. The fraction of sp³-hybridized carbons (Fsp3) is 0.296. The summed E-state index contributed by atoms with van der Waals surface area (Å²) in [5.41, 5.74) is 4.29. The summed E-state index contributed by atoms with van der Waals surface area (Å²) in [7, 11) is 0. The Morgan fingerprint density at radius 3 is 2.62 bits per heavy atom. The van der Waals surface area contributed by atoms with E-state index in [4.69, 9.17) is 4.74 Å². The molecule has 1 aliphatic heterocycles. The zero-order chi connectivity index (χ0) is 23.3. The third kappa shape index (κ3) is 4.80. The molecule has 1 saturated heterocycles. The zero-order valence-corrected chi connectivity index (χ0v) is 19.6. The first-order valence-electron chi connectivity index (χ1n) is 11.6. The van der Waals surface area contributed by atoms with Crippen LogP contribution in [0.15, 0.2) is 79.1 Å². The van der Waals surface area contributed by atoms with Crippen molar-refractivity contribution in [3.05, 3.63) is 101 Å². The third-order valence-corrected chi connectivity index (χ3v) is 7.72. The van der Waals surface area contributed by atoms with Crippen LogP contribution in [0.2, 0.25) is 0 Å². The van der Waals surface area contributed by atoms with Gasteiger partial charge in [0, 0.05) is 18.1 Å². The molecule has 3 aromatic rings. The molecule has 1 N–H and O–H groups in total. The van der Waals surface area contributed by atoms with Crippen LogP contribution in [0.3, 0.4) is 0 Å². The van der Waals surface area contributed by atoms with Crippen molar-refractivity contribution in [2.24, 2.45) is 0 Å². The minimum atomic E-state index is -0.611. The van der Waals surface area contributed by atoms with E-state index in [0.717, 1.165) is 30.4 Å². The maximum absolute atomic E-state index is 13.5. The highest BCUT2D eigenvalue weighted by molar-refractivity contribution is 7.99. The third-order valence-electron chi connectivity index (χ3n) is 6.40. The number of benzene rings is 2. The van der Waals surface area contributed by atoms with Crippen molar-refractivity contribution < 1.29 is 14.3 Å². The highest BCUT2D eigenvalue weighted by Crippen LogP contribution is 2.42. The summed E-state index contributed by atoms with van der Waals surface area (Å²) in [6.45, 7) is 0.161. The summed E-state index contributed by atoms with van der Waals surface area (Å²) in [6, 6.07) is 21.0. The van der Waals surface area contributed by atoms with E-state index in [0.29, 0.717) is 5.75 Å². The summed E-state index contributed by atoms with van der Waals surface area (Å²) in [5.74, 6) is 0.371. The number of carbonyl (C=O) groups excluding carboxylic acids is 2. The largest absolute Gasteiger partial charge is 0.444 e. The van der Waals surface area contributed by atoms with Crippen LogP contribution in [0.4, 0.5) is 4.79 Å². The van der Waals surface area contributed by atoms with Crippen LogP contribution in [0.25, 0.3) is 0 Å². The van der Waals surface area contributed by atoms with Crippen LogP contribution < -0.4 is 5.32 Å². The summed E-state index contributed by atoms with van der Waals surface area (Å²) >= 11 is 1.57. The minimum Gasteiger partial charge on any atom is -0.444 e. The number of rotatable bonds is 5. The van der Waals surface area contributed by atoms with Crippen LogP contribution in [0.5, 0.6) is 0 Å². The average molecular weight is 474 g/mol. The summed E-state index contributed by atoms with van der Waals surface area (Å²) in [4.78, 5) is 32.5. The summed E-state index contributed by atoms with van der Waals surface area (Å²) in [5, 5.41) is 2.93. The maximum atomic E-state index is 13.5. The molecule has 0 spiro atoms. The van der Waals surface area contributed by atoms with Crippen LogP contribution in [0, 0.1) is 0 Å². The number of hydrogen-bond acceptors (Lipinski definition) is 5. The van der Waals surface area contributed by atoms with E-state index in [2.05, 4.69) is 22.4 Å². The van der Waals surface area contributed by atoms with E-state index in [-0.39, 0.29) is 23.9 Å². The molecule has 0 bridgehead atoms. The molecule has 1 aliphatic carbocycles. The number of pyridine rings is 1. The molecule has 6 nitrogen and oxygen atoms in total. The SMILES string of the molecule is O=C(NC1CCCc2ccccc21)C1CSC(c2ccncc2)N1C(=O)OCc1ccccc1. The number of carbonyl (C=O) groups is 2. The molecule has 0 radical (unpaired) electrons. The second-order valence-corrected chi connectivity index (χ2v) is 9.69. The first-order valence-corrected chi connectivity index (χ1v) is 12.6. The lowest BCUT2D eigenvalue weighted by Crippen LogP contribution is -2.49. The minimum absolute atomic E-state index is 0.0374. The van der Waals surface area contributed by atoms with Crippen molar-refractivity contribution in [3.63, 3.8) is 0 Å². The van der Waals surface area contributed by atoms with E-state index in [9.17, 15) is 9.59 Å². The quantitative estimate of drug-likeness (QED) is 0.563. The maximum Gasteiger partial charge on any atom is 0.412 e. The predicted octanol–water partition coefficient (Wildman–Crippen LogP) is 5.03. The number of aromatic nitrogens is 1. The van der Waals surface area contributed by atoms with Crippen molar-refractivity contribution in [1.82, 2.24) is 15.2 Å². The Bertz CT molecular complexity index is 1140. The Morgan fingerprint density at radius 1 is 1.03 bits per heavy atom. The van der Waals surface area contributed by atoms with Crippen molar-refractivity contribution in [2.75, 3.05) is 5.75 Å². The van der Waals surface area contributed by atoms with E-state index in [1.54, 1.807) is 29.1 Å². The molecule has 5 rings (SSSR count). The van der Waals surface area contributed by atoms with Gasteiger partial charge in [0.1, 0.15) is 18.0 Å². The number of ether oxygens (including phenoxy) is 1. The van der Waals surface area contributed by atoms with Crippen LogP contribution in [0.1, 0.15) is 46.5 Å². The molecule has 2 aliphatic rings. The molecule has 3 unspecified atom stereocenters. The van der Waals surface area contributed by atoms with Crippen LogP contribution in [-0.4, -0.2) is 33.7 Å². The standard InChI is InChI=1S/C27H27N3O3S/c31-25(29-23-12-6-10-20-9-4-5-11-22(20)23)24-18-34-26(21-13-15-28-16-14-21)30(24)27(32)33-17-19-7-2-1-3-8-19/h1-5,7-9,11,13-16,23-24,26H,6,10,12,17-18H2,(H,29,31). The van der Waals surface area contributed by atoms with Crippen molar-refractivity contribution in [1.29, 1.82) is 0 Å². The molecule has 3 atom stereocenters. The smallest absolute Gasteiger partial charge is 0.412 e. The van der Waals surface area contributed by atoms with E-state index in [1.165, 1.54) is 11.1 Å². The van der Waals surface area contributed by atoms with Gasteiger partial charge in [0.25, 0.3) is 0 Å². The lowest BCUT2D eigenvalue weighted by atomic mass is 9.87. The van der Waals surface area contributed by atoms with Crippen molar-refractivity contribution >= 4 is 23.8 Å². The van der Waals surface area contributed by atoms with Crippen LogP contribution in [-0.2, 0) is 22.6 Å². The molecule has 34 heavy (non-hydrogen) atoms. The Labute approximate surface area is 203 Å². The first-order chi connectivity index (χ1) is 16.7. The molecule has 1 aromatic heterocycles. The predicted molar refractivity (Wildman–Crippen MR) is 132 cm³/mol. The molecule has 1 fully saturated rings. The molecule has 7 heteroatoms. The Hall–Kier alpha value is -3.32. The van der Waals surface area contributed by atoms with E-state index in [1.807, 2.05) is 54.6 Å². The average Bonchev–Trinajstić information content (AvgIpc) is 3.34. The number of aryl methyl sites for hydroxylation is 1. The van der Waals surface area contributed by atoms with Gasteiger partial charge in [0.2, 0.25) is 5.91 Å². The Kier molecular flexibility index (Phi) is 6.81. The van der Waals surface area contributed by atoms with Gasteiger partial charge in [-0.05, 0) is 53.6 Å². The summed E-state index contributed by atoms with van der Waals surface area (Å²) < 4.78 is 5.67. The number of amides is 2. The van der Waals surface area contributed by atoms with Crippen LogP contribution >= 0.6 is 11.8 Å². The van der Waals surface area contributed by atoms with Gasteiger partial charge < -0.3 is 10.1 Å². The number of nitrogens with zero attached hydrogens (tertiary/aromatic N) is 2. The molecule has 2 aromatic carbocycles. The van der Waals surface area contributed by atoms with Gasteiger partial charge >= 0.3 is 6.09 Å². The normalized spacial score (nSPS) is 21.5. The topological polar surface area (TPSA) is 71.5 Å². The Morgan fingerprint density at radius 2 is 1.79 bits per heavy atom. The van der Waals surface area contributed by atoms with E-state index >= 15 is 0 Å². The van der Waals surface area contributed by atoms with Gasteiger partial charge in [-0.25, -0.2) is 4.79 Å². The zero-order valence-electron chi connectivity index (χ0n) is 18.8. The second kappa shape index (κ2) is 10.3. The number of hydrogen-bond donors (Lipinski definition) is 1. The first kappa shape index (κ1) is 22.5. The van der Waals surface area contributed by atoms with Gasteiger partial charge in [-0.1, -0.05) is 54.6 Å². The molecule has 2 amide bonds. The molecule has 174 valence electrons. The lowest BCUT2D eigenvalue weighted by molar-refractivity contribution is -0.126. The number of fused-ring (bicyclic) bond motifs is 1. The summed E-state index contributed by atoms with van der Waals surface area (Å²) in [6.07, 6.45) is 5.88. The lowest BCUT2D eigenvalue weighted by Gasteiger charge is -2.31. The van der Waals surface area contributed by atoms with Crippen molar-refractivity contribution in [3.8, 4) is 0 Å². The van der Waals surface area contributed by atoms with Gasteiger partial charge in [-0.15, -0.1) is 11.8 Å². The second-order valence-electron chi connectivity index (χ2n) is 8.58. The highest BCUT2D eigenvalue weighted by atomic mass is 32.2. The van der Waals surface area contributed by atoms with Gasteiger partial charge in [0.15, 0.2) is 0 Å². The monoisotopic (exact) mass is 473 g/mol. The van der Waals surface area contributed by atoms with E-state index < -0.39 is 12.1 Å². The number of nitrogens with one attached hydrogen (secondary N) is 1. The molecule has 0 saturated carbocycles. The fourth-order valence-corrected chi connectivity index (χ4v) is 6.10. The molecular weight excluding hydrogens is 446 g/mol. The fourth-order valence-electron chi connectivity index (χ4n) is 4.68. The number of thioether (sulfide) groups is 1. The van der Waals surface area contributed by atoms with Crippen molar-refractivity contribution in [2.45, 2.75) is 43.3 Å². The van der Waals surface area contributed by atoms with Gasteiger partial charge in [0.05, 0.1) is 6.04 Å².